The van der Waals surface area contributed by atoms with Crippen LogP contribution >= 0.6 is 0 Å². The van der Waals surface area contributed by atoms with Crippen molar-refractivity contribution >= 4 is 17.8 Å². The number of carbonyl (C=O) groups is 3. The first-order valence-corrected chi connectivity index (χ1v) is 7.56. The van der Waals surface area contributed by atoms with Gasteiger partial charge in [0, 0.05) is 7.05 Å². The van der Waals surface area contributed by atoms with Gasteiger partial charge in [0.25, 0.3) is 11.8 Å². The molecular weight excluding hydrogens is 338 g/mol. The summed E-state index contributed by atoms with van der Waals surface area (Å²) < 4.78 is 6.78. The lowest BCUT2D eigenvalue weighted by atomic mass is 10.1. The largest absolute Gasteiger partial charge is 0.423 e. The minimum Gasteiger partial charge on any atom is -0.423 e. The molecule has 1 aliphatic rings. The van der Waals surface area contributed by atoms with E-state index in [9.17, 15) is 14.4 Å². The number of imide groups is 1. The van der Waals surface area contributed by atoms with Crippen molar-refractivity contribution in [2.75, 3.05) is 7.05 Å². The van der Waals surface area contributed by atoms with Gasteiger partial charge in [0.1, 0.15) is 12.1 Å². The molecule has 0 spiro atoms. The van der Waals surface area contributed by atoms with Crippen LogP contribution in [0.15, 0.2) is 48.8 Å². The van der Waals surface area contributed by atoms with Crippen LogP contribution in [0.25, 0.3) is 5.69 Å². The maximum atomic E-state index is 12.3. The molecule has 0 saturated carbocycles. The number of amides is 2. The standard InChI is InChI=1S/C17H11N5O4/c1-21-15(23)13-7-2-10(8-14(13)16(21)24)17(25)26-12-5-3-11(4-6-12)22-9-18-19-20-22/h2-9H,1H3. The lowest BCUT2D eigenvalue weighted by Gasteiger charge is -2.06. The average Bonchev–Trinajstić information content (AvgIpc) is 3.27. The monoisotopic (exact) mass is 349 g/mol. The molecule has 4 rings (SSSR count). The van der Waals surface area contributed by atoms with Gasteiger partial charge in [-0.3, -0.25) is 14.5 Å². The lowest BCUT2D eigenvalue weighted by molar-refractivity contribution is 0.0691. The fraction of sp³-hybridized carbons (Fsp3) is 0.0588. The quantitative estimate of drug-likeness (QED) is 0.396. The first-order chi connectivity index (χ1) is 12.5. The maximum absolute atomic E-state index is 12.3. The molecule has 0 saturated heterocycles. The molecule has 3 aromatic rings. The molecule has 2 aromatic carbocycles. The molecule has 128 valence electrons. The third kappa shape index (κ3) is 2.51. The summed E-state index contributed by atoms with van der Waals surface area (Å²) in [5.41, 5.74) is 1.37. The highest BCUT2D eigenvalue weighted by Gasteiger charge is 2.33. The zero-order valence-electron chi connectivity index (χ0n) is 13.5. The summed E-state index contributed by atoms with van der Waals surface area (Å²) in [7, 11) is 1.40. The maximum Gasteiger partial charge on any atom is 0.343 e. The first kappa shape index (κ1) is 15.6. The van der Waals surface area contributed by atoms with Crippen molar-refractivity contribution in [1.29, 1.82) is 0 Å². The minimum atomic E-state index is -0.627. The number of carbonyl (C=O) groups excluding carboxylic acids is 3. The fourth-order valence-electron chi connectivity index (χ4n) is 2.60. The van der Waals surface area contributed by atoms with Crippen LogP contribution in [-0.4, -0.2) is 49.9 Å². The van der Waals surface area contributed by atoms with Crippen molar-refractivity contribution in [2.45, 2.75) is 0 Å². The number of aromatic nitrogens is 4. The van der Waals surface area contributed by atoms with E-state index in [1.54, 1.807) is 24.3 Å². The summed E-state index contributed by atoms with van der Waals surface area (Å²) in [6.45, 7) is 0. The summed E-state index contributed by atoms with van der Waals surface area (Å²) in [6, 6.07) is 10.9. The van der Waals surface area contributed by atoms with E-state index in [0.717, 1.165) is 4.90 Å². The molecule has 0 N–H and O–H groups in total. The molecule has 0 bridgehead atoms. The molecule has 1 aliphatic heterocycles. The number of hydrogen-bond acceptors (Lipinski definition) is 7. The zero-order valence-corrected chi connectivity index (χ0v) is 13.5. The van der Waals surface area contributed by atoms with Gasteiger partial charge in [-0.2, -0.15) is 0 Å². The van der Waals surface area contributed by atoms with Crippen LogP contribution < -0.4 is 4.74 Å². The SMILES string of the molecule is CN1C(=O)c2ccc(C(=O)Oc3ccc(-n4cnnn4)cc3)cc2C1=O. The van der Waals surface area contributed by atoms with Crippen LogP contribution in [0, 0.1) is 0 Å². The Balaban J connectivity index is 1.54. The Hall–Kier alpha value is -3.88. The van der Waals surface area contributed by atoms with E-state index in [1.165, 1.54) is 36.3 Å². The summed E-state index contributed by atoms with van der Waals surface area (Å²) in [5.74, 6) is -1.13. The number of tetrazole rings is 1. The number of ether oxygens (including phenoxy) is 1. The van der Waals surface area contributed by atoms with Crippen LogP contribution in [0.1, 0.15) is 31.1 Å². The molecule has 1 aromatic heterocycles. The van der Waals surface area contributed by atoms with Crippen LogP contribution in [-0.2, 0) is 0 Å². The van der Waals surface area contributed by atoms with Gasteiger partial charge in [0.05, 0.1) is 22.4 Å². The Labute approximate surface area is 146 Å². The lowest BCUT2D eigenvalue weighted by Crippen LogP contribution is -2.24. The summed E-state index contributed by atoms with van der Waals surface area (Å²) in [5, 5.41) is 10.9. The van der Waals surface area contributed by atoms with E-state index in [0.29, 0.717) is 11.4 Å². The van der Waals surface area contributed by atoms with Gasteiger partial charge in [0.2, 0.25) is 0 Å². The van der Waals surface area contributed by atoms with E-state index < -0.39 is 11.9 Å². The Kier molecular flexibility index (Phi) is 3.54. The van der Waals surface area contributed by atoms with Crippen molar-refractivity contribution in [1.82, 2.24) is 25.1 Å². The van der Waals surface area contributed by atoms with E-state index in [1.807, 2.05) is 0 Å². The number of hydrogen-bond donors (Lipinski definition) is 0. The van der Waals surface area contributed by atoms with Gasteiger partial charge in [-0.15, -0.1) is 5.10 Å². The molecule has 9 nitrogen and oxygen atoms in total. The predicted octanol–water partition coefficient (Wildman–Crippen LogP) is 1.11. The molecule has 0 radical (unpaired) electrons. The molecular formula is C17H11N5O4. The third-order valence-electron chi connectivity index (χ3n) is 3.99. The Morgan fingerprint density at radius 1 is 1.00 bits per heavy atom. The van der Waals surface area contributed by atoms with Crippen molar-refractivity contribution in [2.24, 2.45) is 0 Å². The third-order valence-corrected chi connectivity index (χ3v) is 3.99. The predicted molar refractivity (Wildman–Crippen MR) is 87.0 cm³/mol. The second-order valence-corrected chi connectivity index (χ2v) is 5.57. The fourth-order valence-corrected chi connectivity index (χ4v) is 2.60. The van der Waals surface area contributed by atoms with Gasteiger partial charge in [-0.25, -0.2) is 9.48 Å². The molecule has 0 atom stereocenters. The smallest absolute Gasteiger partial charge is 0.343 e. The van der Waals surface area contributed by atoms with Crippen LogP contribution in [0.4, 0.5) is 0 Å². The van der Waals surface area contributed by atoms with Gasteiger partial charge < -0.3 is 4.74 Å². The average molecular weight is 349 g/mol. The van der Waals surface area contributed by atoms with E-state index >= 15 is 0 Å². The molecule has 0 unspecified atom stereocenters. The van der Waals surface area contributed by atoms with Gasteiger partial charge in [0.15, 0.2) is 0 Å². The molecule has 9 heteroatoms. The number of benzene rings is 2. The normalized spacial score (nSPS) is 13.0. The molecule has 2 amide bonds. The minimum absolute atomic E-state index is 0.185. The Bertz CT molecular complexity index is 1030. The number of esters is 1. The molecule has 2 heterocycles. The molecule has 26 heavy (non-hydrogen) atoms. The van der Waals surface area contributed by atoms with Crippen molar-refractivity contribution in [3.8, 4) is 11.4 Å². The Morgan fingerprint density at radius 2 is 1.73 bits per heavy atom. The van der Waals surface area contributed by atoms with Gasteiger partial charge >= 0.3 is 5.97 Å². The zero-order chi connectivity index (χ0) is 18.3. The van der Waals surface area contributed by atoms with Crippen molar-refractivity contribution in [3.05, 3.63) is 65.5 Å². The summed E-state index contributed by atoms with van der Waals surface area (Å²) in [4.78, 5) is 37.2. The number of nitrogens with zero attached hydrogens (tertiary/aromatic N) is 5. The van der Waals surface area contributed by atoms with Crippen LogP contribution in [0.5, 0.6) is 5.75 Å². The highest BCUT2D eigenvalue weighted by atomic mass is 16.5. The van der Waals surface area contributed by atoms with Crippen LogP contribution in [0.2, 0.25) is 0 Å². The topological polar surface area (TPSA) is 107 Å². The number of fused-ring (bicyclic) bond motifs is 1. The highest BCUT2D eigenvalue weighted by Crippen LogP contribution is 2.23. The number of rotatable bonds is 3. The summed E-state index contributed by atoms with van der Waals surface area (Å²) in [6.07, 6.45) is 1.45. The van der Waals surface area contributed by atoms with Crippen LogP contribution in [0.3, 0.4) is 0 Å². The van der Waals surface area contributed by atoms with E-state index in [4.69, 9.17) is 4.74 Å². The highest BCUT2D eigenvalue weighted by molar-refractivity contribution is 6.21. The summed E-state index contributed by atoms with van der Waals surface area (Å²) >= 11 is 0. The molecule has 0 fully saturated rings. The van der Waals surface area contributed by atoms with E-state index in [-0.39, 0.29) is 22.6 Å². The second kappa shape index (κ2) is 5.88. The van der Waals surface area contributed by atoms with Gasteiger partial charge in [-0.05, 0) is 52.9 Å². The van der Waals surface area contributed by atoms with Crippen molar-refractivity contribution in [3.63, 3.8) is 0 Å². The van der Waals surface area contributed by atoms with Gasteiger partial charge in [-0.1, -0.05) is 0 Å². The van der Waals surface area contributed by atoms with E-state index in [2.05, 4.69) is 15.5 Å². The Morgan fingerprint density at radius 3 is 2.42 bits per heavy atom. The molecule has 0 aliphatic carbocycles. The van der Waals surface area contributed by atoms with Crippen molar-refractivity contribution < 1.29 is 19.1 Å². The second-order valence-electron chi connectivity index (χ2n) is 5.57. The first-order valence-electron chi connectivity index (χ1n) is 7.56.